The van der Waals surface area contributed by atoms with Crippen LogP contribution in [0.4, 0.5) is 0 Å². The van der Waals surface area contributed by atoms with Crippen LogP contribution in [0.1, 0.15) is 24.8 Å². The maximum absolute atomic E-state index is 12.8. The summed E-state index contributed by atoms with van der Waals surface area (Å²) in [5.41, 5.74) is 0.765. The molecule has 1 fully saturated rings. The normalized spacial score (nSPS) is 19.4. The molecule has 1 aliphatic rings. The predicted octanol–water partition coefficient (Wildman–Crippen LogP) is 4.02. The number of aliphatic hydroxyl groups is 1. The SMILES string of the molecule is CSc1ccc(CC(=O)N2CCC[C@@](CO)(CCOc3ccccc3)C2)cc1. The van der Waals surface area contributed by atoms with Gasteiger partial charge in [0.05, 0.1) is 19.6 Å². The number of amides is 1. The van der Waals surface area contributed by atoms with Gasteiger partial charge >= 0.3 is 0 Å². The summed E-state index contributed by atoms with van der Waals surface area (Å²) in [7, 11) is 0. The van der Waals surface area contributed by atoms with E-state index in [0.29, 0.717) is 19.6 Å². The van der Waals surface area contributed by atoms with Crippen LogP contribution in [0.2, 0.25) is 0 Å². The van der Waals surface area contributed by atoms with Crippen LogP contribution in [0.25, 0.3) is 0 Å². The number of thioether (sulfide) groups is 1. The highest BCUT2D eigenvalue weighted by molar-refractivity contribution is 7.98. The first kappa shape index (κ1) is 20.7. The van der Waals surface area contributed by atoms with Gasteiger partial charge < -0.3 is 14.7 Å². The second-order valence-corrected chi connectivity index (χ2v) is 8.39. The Balaban J connectivity index is 1.56. The number of carbonyl (C=O) groups is 1. The van der Waals surface area contributed by atoms with Crippen LogP contribution in [-0.4, -0.2) is 48.5 Å². The Labute approximate surface area is 171 Å². The zero-order chi connectivity index (χ0) is 19.8. The lowest BCUT2D eigenvalue weighted by molar-refractivity contribution is -0.135. The van der Waals surface area contributed by atoms with Crippen LogP contribution in [0.15, 0.2) is 59.5 Å². The highest BCUT2D eigenvalue weighted by Gasteiger charge is 2.36. The van der Waals surface area contributed by atoms with Crippen LogP contribution in [-0.2, 0) is 11.2 Å². The summed E-state index contributed by atoms with van der Waals surface area (Å²) in [4.78, 5) is 16.0. The molecule has 0 radical (unpaired) electrons. The number of hydrogen-bond acceptors (Lipinski definition) is 4. The largest absolute Gasteiger partial charge is 0.494 e. The van der Waals surface area contributed by atoms with Gasteiger partial charge in [0.15, 0.2) is 0 Å². The smallest absolute Gasteiger partial charge is 0.227 e. The molecular formula is C23H29NO3S. The summed E-state index contributed by atoms with van der Waals surface area (Å²) >= 11 is 1.70. The van der Waals surface area contributed by atoms with Crippen molar-refractivity contribution in [3.05, 3.63) is 60.2 Å². The van der Waals surface area contributed by atoms with Crippen molar-refractivity contribution in [2.24, 2.45) is 5.41 Å². The Bertz CT molecular complexity index is 750. The summed E-state index contributed by atoms with van der Waals surface area (Å²) in [5.74, 6) is 0.978. The van der Waals surface area contributed by atoms with E-state index in [9.17, 15) is 9.90 Å². The fourth-order valence-electron chi connectivity index (χ4n) is 3.76. The minimum absolute atomic E-state index is 0.0807. The van der Waals surface area contributed by atoms with Crippen LogP contribution in [0, 0.1) is 5.41 Å². The van der Waals surface area contributed by atoms with Crippen molar-refractivity contribution in [3.8, 4) is 5.75 Å². The molecule has 1 amide bonds. The van der Waals surface area contributed by atoms with Gasteiger partial charge in [0.25, 0.3) is 0 Å². The van der Waals surface area contributed by atoms with Gasteiger partial charge in [-0.25, -0.2) is 0 Å². The van der Waals surface area contributed by atoms with Crippen molar-refractivity contribution in [1.82, 2.24) is 4.90 Å². The first-order valence-electron chi connectivity index (χ1n) is 9.83. The number of ether oxygens (including phenoxy) is 1. The molecule has 0 saturated carbocycles. The van der Waals surface area contributed by atoms with Gasteiger partial charge in [0.2, 0.25) is 5.91 Å². The van der Waals surface area contributed by atoms with Gasteiger partial charge in [-0.15, -0.1) is 11.8 Å². The molecule has 0 aliphatic carbocycles. The van der Waals surface area contributed by atoms with E-state index in [-0.39, 0.29) is 17.9 Å². The second kappa shape index (κ2) is 9.99. The van der Waals surface area contributed by atoms with Crippen molar-refractivity contribution in [3.63, 3.8) is 0 Å². The lowest BCUT2D eigenvalue weighted by atomic mass is 9.78. The summed E-state index contributed by atoms with van der Waals surface area (Å²) in [6.45, 7) is 1.99. The number of carbonyl (C=O) groups excluding carboxylic acids is 1. The number of aliphatic hydroxyl groups excluding tert-OH is 1. The first-order chi connectivity index (χ1) is 13.6. The molecule has 2 aromatic carbocycles. The number of para-hydroxylation sites is 1. The minimum atomic E-state index is -0.272. The lowest BCUT2D eigenvalue weighted by Gasteiger charge is -2.42. The number of rotatable bonds is 8. The number of piperidine rings is 1. The van der Waals surface area contributed by atoms with E-state index < -0.39 is 0 Å². The van der Waals surface area contributed by atoms with Crippen molar-refractivity contribution in [2.75, 3.05) is 32.6 Å². The Hall–Kier alpha value is -1.98. The average Bonchev–Trinajstić information content (AvgIpc) is 2.75. The summed E-state index contributed by atoms with van der Waals surface area (Å²) < 4.78 is 5.83. The molecule has 5 heteroatoms. The van der Waals surface area contributed by atoms with Gasteiger partial charge in [0, 0.05) is 23.4 Å². The highest BCUT2D eigenvalue weighted by atomic mass is 32.2. The Morgan fingerprint density at radius 3 is 2.61 bits per heavy atom. The van der Waals surface area contributed by atoms with E-state index in [2.05, 4.69) is 12.1 Å². The van der Waals surface area contributed by atoms with E-state index in [1.54, 1.807) is 11.8 Å². The molecule has 1 atom stereocenters. The maximum atomic E-state index is 12.8. The molecule has 1 N–H and O–H groups in total. The molecule has 1 heterocycles. The third-order valence-electron chi connectivity index (χ3n) is 5.51. The van der Waals surface area contributed by atoms with E-state index in [1.165, 1.54) is 4.90 Å². The molecule has 0 spiro atoms. The number of nitrogens with zero attached hydrogens (tertiary/aromatic N) is 1. The molecule has 1 saturated heterocycles. The molecule has 3 rings (SSSR count). The molecule has 4 nitrogen and oxygen atoms in total. The highest BCUT2D eigenvalue weighted by Crippen LogP contribution is 2.33. The number of benzene rings is 2. The quantitative estimate of drug-likeness (QED) is 0.681. The Morgan fingerprint density at radius 2 is 1.93 bits per heavy atom. The molecule has 0 unspecified atom stereocenters. The van der Waals surface area contributed by atoms with Gasteiger partial charge in [-0.2, -0.15) is 0 Å². The number of likely N-dealkylation sites (tertiary alicyclic amines) is 1. The predicted molar refractivity (Wildman–Crippen MR) is 114 cm³/mol. The maximum Gasteiger partial charge on any atom is 0.227 e. The summed E-state index contributed by atoms with van der Waals surface area (Å²) in [5, 5.41) is 10.1. The van der Waals surface area contributed by atoms with Crippen molar-refractivity contribution in [1.29, 1.82) is 0 Å². The van der Waals surface area contributed by atoms with E-state index >= 15 is 0 Å². The Kier molecular flexibility index (Phi) is 7.40. The zero-order valence-electron chi connectivity index (χ0n) is 16.5. The molecule has 2 aromatic rings. The fraction of sp³-hybridized carbons (Fsp3) is 0.435. The minimum Gasteiger partial charge on any atom is -0.494 e. The second-order valence-electron chi connectivity index (χ2n) is 7.51. The molecular weight excluding hydrogens is 370 g/mol. The van der Waals surface area contributed by atoms with Gasteiger partial charge in [-0.1, -0.05) is 30.3 Å². The van der Waals surface area contributed by atoms with Gasteiger partial charge in [-0.05, 0) is 55.3 Å². The molecule has 0 bridgehead atoms. The molecule has 0 aromatic heterocycles. The molecule has 28 heavy (non-hydrogen) atoms. The fourth-order valence-corrected chi connectivity index (χ4v) is 4.17. The van der Waals surface area contributed by atoms with Crippen LogP contribution >= 0.6 is 11.8 Å². The van der Waals surface area contributed by atoms with Gasteiger partial charge in [-0.3, -0.25) is 4.79 Å². The Morgan fingerprint density at radius 1 is 1.18 bits per heavy atom. The van der Waals surface area contributed by atoms with Crippen molar-refractivity contribution >= 4 is 17.7 Å². The third kappa shape index (κ3) is 5.52. The van der Waals surface area contributed by atoms with Crippen LogP contribution in [0.3, 0.4) is 0 Å². The van der Waals surface area contributed by atoms with Crippen LogP contribution < -0.4 is 4.74 Å². The summed E-state index contributed by atoms with van der Waals surface area (Å²) in [6, 6.07) is 17.9. The molecule has 150 valence electrons. The first-order valence-corrected chi connectivity index (χ1v) is 11.1. The summed E-state index contributed by atoms with van der Waals surface area (Å²) in [6.07, 6.45) is 5.04. The van der Waals surface area contributed by atoms with Gasteiger partial charge in [0.1, 0.15) is 5.75 Å². The standard InChI is InChI=1S/C23H29NO3S/c1-28-21-10-8-19(9-11-21)16-22(26)24-14-5-12-23(17-24,18-25)13-15-27-20-6-3-2-4-7-20/h2-4,6-11,25H,5,12-18H2,1H3/t23-/m1/s1. The van der Waals surface area contributed by atoms with E-state index in [1.807, 2.05) is 53.6 Å². The third-order valence-corrected chi connectivity index (χ3v) is 6.25. The number of hydrogen-bond donors (Lipinski definition) is 1. The molecule has 1 aliphatic heterocycles. The van der Waals surface area contributed by atoms with E-state index in [4.69, 9.17) is 4.74 Å². The monoisotopic (exact) mass is 399 g/mol. The van der Waals surface area contributed by atoms with Crippen LogP contribution in [0.5, 0.6) is 5.75 Å². The van der Waals surface area contributed by atoms with Crippen molar-refractivity contribution in [2.45, 2.75) is 30.6 Å². The topological polar surface area (TPSA) is 49.8 Å². The van der Waals surface area contributed by atoms with E-state index in [0.717, 1.165) is 37.1 Å². The lowest BCUT2D eigenvalue weighted by Crippen LogP contribution is -2.49. The van der Waals surface area contributed by atoms with Crippen molar-refractivity contribution < 1.29 is 14.6 Å². The average molecular weight is 400 g/mol. The zero-order valence-corrected chi connectivity index (χ0v) is 17.3.